The van der Waals surface area contributed by atoms with Gasteiger partial charge in [-0.05, 0) is 94.5 Å². The van der Waals surface area contributed by atoms with Crippen LogP contribution in [-0.2, 0) is 12.8 Å². The fraction of sp³-hybridized carbons (Fsp3) is 0.241. The van der Waals surface area contributed by atoms with Crippen molar-refractivity contribution < 1.29 is 4.79 Å². The third kappa shape index (κ3) is 4.91. The summed E-state index contributed by atoms with van der Waals surface area (Å²) < 4.78 is 3.27. The Hall–Kier alpha value is -2.96. The van der Waals surface area contributed by atoms with Gasteiger partial charge in [0.25, 0.3) is 5.91 Å². The fourth-order valence-electron chi connectivity index (χ4n) is 4.68. The molecule has 0 saturated carbocycles. The highest BCUT2D eigenvalue weighted by atomic mass is 79.9. The quantitative estimate of drug-likeness (QED) is 0.253. The zero-order chi connectivity index (χ0) is 24.5. The first kappa shape index (κ1) is 23.8. The van der Waals surface area contributed by atoms with Crippen LogP contribution < -0.4 is 5.32 Å². The Balaban J connectivity index is 1.54. The number of nitrogens with one attached hydrogen (secondary N) is 1. The maximum Gasteiger partial charge on any atom is 0.258 e. The summed E-state index contributed by atoms with van der Waals surface area (Å²) in [5, 5.41) is 4.17. The third-order valence-corrected chi connectivity index (χ3v) is 8.35. The summed E-state index contributed by atoms with van der Waals surface area (Å²) in [6.45, 7) is 6.26. The fourth-order valence-corrected chi connectivity index (χ4v) is 6.44. The number of hydrogen-bond acceptors (Lipinski definition) is 3. The molecular formula is C29H28BrN3OS. The van der Waals surface area contributed by atoms with Crippen molar-refractivity contribution in [3.05, 3.63) is 97.6 Å². The second kappa shape index (κ2) is 9.96. The first-order valence-electron chi connectivity index (χ1n) is 11.9. The van der Waals surface area contributed by atoms with Crippen LogP contribution in [0, 0.1) is 20.8 Å². The molecule has 0 spiro atoms. The van der Waals surface area contributed by atoms with E-state index in [9.17, 15) is 4.79 Å². The second-order valence-electron chi connectivity index (χ2n) is 9.11. The Morgan fingerprint density at radius 2 is 1.74 bits per heavy atom. The Labute approximate surface area is 218 Å². The number of carbonyl (C=O) groups excluding carboxylic acids is 1. The molecule has 5 rings (SSSR count). The monoisotopic (exact) mass is 545 g/mol. The number of aromatic nitrogens is 1. The van der Waals surface area contributed by atoms with E-state index in [1.807, 2.05) is 61.7 Å². The molecule has 1 N–H and O–H groups in total. The maximum absolute atomic E-state index is 13.6. The number of amides is 1. The van der Waals surface area contributed by atoms with Gasteiger partial charge in [-0.25, -0.2) is 0 Å². The van der Waals surface area contributed by atoms with E-state index in [2.05, 4.69) is 50.7 Å². The number of halogens is 1. The van der Waals surface area contributed by atoms with Crippen LogP contribution in [0.3, 0.4) is 0 Å². The molecular weight excluding hydrogens is 518 g/mol. The van der Waals surface area contributed by atoms with E-state index in [1.54, 1.807) is 11.3 Å². The zero-order valence-corrected chi connectivity index (χ0v) is 22.6. The number of nitrogens with zero attached hydrogens (tertiary/aromatic N) is 2. The molecule has 178 valence electrons. The molecule has 1 aliphatic carbocycles. The summed E-state index contributed by atoms with van der Waals surface area (Å²) in [5.74, 6) is -0.0270. The van der Waals surface area contributed by atoms with Gasteiger partial charge in [-0.1, -0.05) is 33.6 Å². The zero-order valence-electron chi connectivity index (χ0n) is 20.2. The number of fused-ring (bicyclic) bond motifs is 1. The third-order valence-electron chi connectivity index (χ3n) is 6.54. The van der Waals surface area contributed by atoms with E-state index in [-0.39, 0.29) is 5.91 Å². The van der Waals surface area contributed by atoms with Crippen molar-refractivity contribution in [3.8, 4) is 5.00 Å². The van der Waals surface area contributed by atoms with Crippen molar-refractivity contribution in [1.82, 2.24) is 4.57 Å². The standard InChI is InChI=1S/C29H28BrN3OS/c1-18-8-12-24(13-9-18)32-28(34)27-25-6-4-5-7-26(25)35-29(27)33-19(2)16-21(20(33)3)17-31-23-14-10-22(30)11-15-23/h8-17H,4-7H2,1-3H3,(H,32,34). The predicted octanol–water partition coefficient (Wildman–Crippen LogP) is 8.11. The maximum atomic E-state index is 13.6. The first-order valence-corrected chi connectivity index (χ1v) is 13.5. The number of anilines is 1. The first-order chi connectivity index (χ1) is 16.9. The molecule has 0 fully saturated rings. The number of thiophene rings is 1. The van der Waals surface area contributed by atoms with Crippen molar-refractivity contribution in [1.29, 1.82) is 0 Å². The Kier molecular flexibility index (Phi) is 6.76. The van der Waals surface area contributed by atoms with Crippen LogP contribution in [0.2, 0.25) is 0 Å². The minimum Gasteiger partial charge on any atom is -0.322 e. The molecule has 0 radical (unpaired) electrons. The molecule has 4 aromatic rings. The molecule has 6 heteroatoms. The lowest BCUT2D eigenvalue weighted by Gasteiger charge is -2.14. The number of benzene rings is 2. The van der Waals surface area contributed by atoms with Gasteiger partial charge in [-0.3, -0.25) is 9.79 Å². The lowest BCUT2D eigenvalue weighted by atomic mass is 9.95. The smallest absolute Gasteiger partial charge is 0.258 e. The van der Waals surface area contributed by atoms with Crippen molar-refractivity contribution in [2.75, 3.05) is 5.32 Å². The molecule has 1 amide bonds. The normalized spacial score (nSPS) is 13.3. The molecule has 0 unspecified atom stereocenters. The summed E-state index contributed by atoms with van der Waals surface area (Å²) in [6, 6.07) is 18.1. The molecule has 2 heterocycles. The summed E-state index contributed by atoms with van der Waals surface area (Å²) in [6.07, 6.45) is 6.23. The highest BCUT2D eigenvalue weighted by molar-refractivity contribution is 9.10. The summed E-state index contributed by atoms with van der Waals surface area (Å²) in [7, 11) is 0. The summed E-state index contributed by atoms with van der Waals surface area (Å²) in [5.41, 5.74) is 8.19. The van der Waals surface area contributed by atoms with Gasteiger partial charge >= 0.3 is 0 Å². The van der Waals surface area contributed by atoms with E-state index < -0.39 is 0 Å². The van der Waals surface area contributed by atoms with E-state index in [0.29, 0.717) is 0 Å². The number of aryl methyl sites for hydroxylation is 3. The summed E-state index contributed by atoms with van der Waals surface area (Å²) >= 11 is 5.24. The van der Waals surface area contributed by atoms with E-state index in [1.165, 1.54) is 22.4 Å². The van der Waals surface area contributed by atoms with Gasteiger partial charge < -0.3 is 9.88 Å². The van der Waals surface area contributed by atoms with E-state index in [0.717, 1.165) is 62.6 Å². The van der Waals surface area contributed by atoms with Crippen molar-refractivity contribution in [3.63, 3.8) is 0 Å². The molecule has 2 aromatic heterocycles. The van der Waals surface area contributed by atoms with Gasteiger partial charge in [0.1, 0.15) is 5.00 Å². The predicted molar refractivity (Wildman–Crippen MR) is 150 cm³/mol. The minimum absolute atomic E-state index is 0.0270. The lowest BCUT2D eigenvalue weighted by Crippen LogP contribution is -2.17. The van der Waals surface area contributed by atoms with Gasteiger partial charge in [0.2, 0.25) is 0 Å². The largest absolute Gasteiger partial charge is 0.322 e. The number of rotatable bonds is 5. The van der Waals surface area contributed by atoms with Crippen LogP contribution in [0.4, 0.5) is 11.4 Å². The number of aliphatic imine (C=N–C) groups is 1. The highest BCUT2D eigenvalue weighted by Crippen LogP contribution is 2.39. The van der Waals surface area contributed by atoms with Crippen molar-refractivity contribution in [2.45, 2.75) is 46.5 Å². The van der Waals surface area contributed by atoms with Crippen LogP contribution in [0.1, 0.15) is 56.2 Å². The molecule has 4 nitrogen and oxygen atoms in total. The van der Waals surface area contributed by atoms with E-state index >= 15 is 0 Å². The van der Waals surface area contributed by atoms with Gasteiger partial charge in [-0.2, -0.15) is 0 Å². The molecule has 2 aromatic carbocycles. The van der Waals surface area contributed by atoms with Crippen LogP contribution in [-0.4, -0.2) is 16.7 Å². The molecule has 0 aliphatic heterocycles. The average molecular weight is 547 g/mol. The molecule has 0 atom stereocenters. The Morgan fingerprint density at radius 1 is 1.03 bits per heavy atom. The number of hydrogen-bond donors (Lipinski definition) is 1. The molecule has 0 bridgehead atoms. The molecule has 0 saturated heterocycles. The molecule has 1 aliphatic rings. The van der Waals surface area contributed by atoms with Gasteiger partial charge in [-0.15, -0.1) is 11.3 Å². The molecule has 35 heavy (non-hydrogen) atoms. The van der Waals surface area contributed by atoms with Gasteiger partial charge in [0, 0.05) is 38.2 Å². The van der Waals surface area contributed by atoms with E-state index in [4.69, 9.17) is 0 Å². The van der Waals surface area contributed by atoms with Crippen LogP contribution in [0.5, 0.6) is 0 Å². The SMILES string of the molecule is Cc1ccc(NC(=O)c2c(-n3c(C)cc(C=Nc4ccc(Br)cc4)c3C)sc3c2CCCC3)cc1. The van der Waals surface area contributed by atoms with Crippen LogP contribution in [0.25, 0.3) is 5.00 Å². The average Bonchev–Trinajstić information content (AvgIpc) is 3.36. The van der Waals surface area contributed by atoms with Crippen LogP contribution in [0.15, 0.2) is 64.1 Å². The highest BCUT2D eigenvalue weighted by Gasteiger charge is 2.28. The Morgan fingerprint density at radius 3 is 2.49 bits per heavy atom. The lowest BCUT2D eigenvalue weighted by molar-refractivity contribution is 0.102. The van der Waals surface area contributed by atoms with Gasteiger partial charge in [0.05, 0.1) is 11.3 Å². The van der Waals surface area contributed by atoms with Crippen molar-refractivity contribution >= 4 is 50.8 Å². The van der Waals surface area contributed by atoms with Crippen LogP contribution >= 0.6 is 27.3 Å². The number of carbonyl (C=O) groups is 1. The topological polar surface area (TPSA) is 46.4 Å². The van der Waals surface area contributed by atoms with Crippen molar-refractivity contribution in [2.24, 2.45) is 4.99 Å². The minimum atomic E-state index is -0.0270. The summed E-state index contributed by atoms with van der Waals surface area (Å²) in [4.78, 5) is 19.7. The Bertz CT molecular complexity index is 1410. The second-order valence-corrected chi connectivity index (χ2v) is 11.1. The van der Waals surface area contributed by atoms with Gasteiger partial charge in [0.15, 0.2) is 0 Å².